The summed E-state index contributed by atoms with van der Waals surface area (Å²) >= 11 is 0. The van der Waals surface area contributed by atoms with Gasteiger partial charge in [0.15, 0.2) is 0 Å². The predicted octanol–water partition coefficient (Wildman–Crippen LogP) is 0.371. The molecular weight excluding hydrogens is 194 g/mol. The molecule has 2 aromatic heterocycles. The van der Waals surface area contributed by atoms with E-state index in [4.69, 9.17) is 15.7 Å². The molecule has 3 rings (SSSR count). The lowest BCUT2D eigenvalue weighted by Crippen LogP contribution is -2.27. The molecular formula is C12H6B2N2. The van der Waals surface area contributed by atoms with Crippen LogP contribution in [0.5, 0.6) is 0 Å². The third-order valence-electron chi connectivity index (χ3n) is 2.71. The zero-order valence-corrected chi connectivity index (χ0v) is 8.51. The predicted molar refractivity (Wildman–Crippen MR) is 67.8 cm³/mol. The summed E-state index contributed by atoms with van der Waals surface area (Å²) in [7, 11) is 12.0. The zero-order valence-electron chi connectivity index (χ0n) is 8.51. The van der Waals surface area contributed by atoms with Gasteiger partial charge in [-0.3, -0.25) is 9.97 Å². The molecule has 0 bridgehead atoms. The van der Waals surface area contributed by atoms with E-state index in [0.29, 0.717) is 10.9 Å². The maximum atomic E-state index is 5.99. The summed E-state index contributed by atoms with van der Waals surface area (Å²) in [6.07, 6.45) is 3.46. The van der Waals surface area contributed by atoms with Gasteiger partial charge in [-0.25, -0.2) is 0 Å². The van der Waals surface area contributed by atoms with Gasteiger partial charge in [-0.1, -0.05) is 23.1 Å². The van der Waals surface area contributed by atoms with Crippen molar-refractivity contribution >= 4 is 48.4 Å². The van der Waals surface area contributed by atoms with Crippen molar-refractivity contribution in [3.8, 4) is 0 Å². The average molecular weight is 200 g/mol. The SMILES string of the molecule is [B]c1c([B])c2cccnc2c2ncccc12. The maximum absolute atomic E-state index is 5.99. The van der Waals surface area contributed by atoms with Gasteiger partial charge in [0.2, 0.25) is 0 Å². The van der Waals surface area contributed by atoms with Gasteiger partial charge >= 0.3 is 0 Å². The van der Waals surface area contributed by atoms with Crippen molar-refractivity contribution in [1.29, 1.82) is 0 Å². The van der Waals surface area contributed by atoms with Gasteiger partial charge in [0.1, 0.15) is 15.7 Å². The summed E-state index contributed by atoms with van der Waals surface area (Å²) in [5.74, 6) is 0. The molecule has 0 spiro atoms. The van der Waals surface area contributed by atoms with E-state index >= 15 is 0 Å². The molecule has 0 amide bonds. The second-order valence-electron chi connectivity index (χ2n) is 3.63. The molecule has 0 atom stereocenters. The number of hydrogen-bond acceptors (Lipinski definition) is 2. The second kappa shape index (κ2) is 3.34. The Kier molecular flexibility index (Phi) is 1.96. The highest BCUT2D eigenvalue weighted by Crippen LogP contribution is 2.17. The van der Waals surface area contributed by atoms with Crippen molar-refractivity contribution in [2.75, 3.05) is 0 Å². The first-order valence-corrected chi connectivity index (χ1v) is 4.95. The third kappa shape index (κ3) is 1.16. The highest BCUT2D eigenvalue weighted by Gasteiger charge is 2.08. The lowest BCUT2D eigenvalue weighted by Gasteiger charge is -2.10. The van der Waals surface area contributed by atoms with E-state index < -0.39 is 0 Å². The van der Waals surface area contributed by atoms with E-state index in [2.05, 4.69) is 9.97 Å². The maximum Gasteiger partial charge on any atom is 0.113 e. The molecule has 0 aliphatic carbocycles. The van der Waals surface area contributed by atoms with Crippen molar-refractivity contribution in [3.05, 3.63) is 36.7 Å². The van der Waals surface area contributed by atoms with E-state index in [1.165, 1.54) is 0 Å². The first-order chi connectivity index (χ1) is 7.79. The van der Waals surface area contributed by atoms with Crippen molar-refractivity contribution < 1.29 is 0 Å². The third-order valence-corrected chi connectivity index (χ3v) is 2.71. The molecule has 2 heterocycles. The molecule has 0 aliphatic heterocycles. The van der Waals surface area contributed by atoms with Gasteiger partial charge < -0.3 is 0 Å². The highest BCUT2D eigenvalue weighted by atomic mass is 14.7. The lowest BCUT2D eigenvalue weighted by molar-refractivity contribution is 1.38. The van der Waals surface area contributed by atoms with Crippen LogP contribution in [0, 0.1) is 0 Å². The van der Waals surface area contributed by atoms with Crippen LogP contribution >= 0.6 is 0 Å². The standard InChI is InChI=1S/C12H6B2N2/c13-9-7-3-1-5-15-11(7)12-8(10(9)14)4-2-6-16-12/h1-6H. The molecule has 0 saturated heterocycles. The molecule has 0 saturated carbocycles. The first-order valence-electron chi connectivity index (χ1n) is 4.95. The molecule has 0 aliphatic rings. The Balaban J connectivity index is 2.69. The minimum absolute atomic E-state index is 0.573. The molecule has 1 aromatic carbocycles. The van der Waals surface area contributed by atoms with Crippen molar-refractivity contribution in [1.82, 2.24) is 9.97 Å². The number of aromatic nitrogens is 2. The van der Waals surface area contributed by atoms with Crippen LogP contribution in [0.25, 0.3) is 21.8 Å². The zero-order chi connectivity index (χ0) is 11.1. The Morgan fingerprint density at radius 3 is 1.62 bits per heavy atom. The van der Waals surface area contributed by atoms with Crippen LogP contribution in [0.15, 0.2) is 36.7 Å². The summed E-state index contributed by atoms with van der Waals surface area (Å²) < 4.78 is 0. The summed E-state index contributed by atoms with van der Waals surface area (Å²) in [6.45, 7) is 0. The van der Waals surface area contributed by atoms with Crippen molar-refractivity contribution in [2.24, 2.45) is 0 Å². The smallest absolute Gasteiger partial charge is 0.113 e. The van der Waals surface area contributed by atoms with Gasteiger partial charge in [-0.05, 0) is 22.9 Å². The van der Waals surface area contributed by atoms with E-state index in [1.807, 2.05) is 24.3 Å². The fraction of sp³-hybridized carbons (Fsp3) is 0. The topological polar surface area (TPSA) is 25.8 Å². The van der Waals surface area contributed by atoms with Crippen LogP contribution in [-0.4, -0.2) is 25.7 Å². The monoisotopic (exact) mass is 200 g/mol. The Hall–Kier alpha value is -1.83. The molecule has 4 heteroatoms. The molecule has 2 nitrogen and oxygen atoms in total. The van der Waals surface area contributed by atoms with Crippen LogP contribution in [0.3, 0.4) is 0 Å². The molecule has 0 fully saturated rings. The Bertz CT molecular complexity index is 634. The van der Waals surface area contributed by atoms with Gasteiger partial charge in [-0.2, -0.15) is 0 Å². The van der Waals surface area contributed by atoms with Crippen LogP contribution in [0.4, 0.5) is 0 Å². The summed E-state index contributed by atoms with van der Waals surface area (Å²) in [6, 6.07) is 7.49. The van der Waals surface area contributed by atoms with Crippen LogP contribution in [-0.2, 0) is 0 Å². The van der Waals surface area contributed by atoms with Crippen LogP contribution < -0.4 is 10.9 Å². The van der Waals surface area contributed by atoms with Crippen LogP contribution in [0.1, 0.15) is 0 Å². The summed E-state index contributed by atoms with van der Waals surface area (Å²) in [5, 5.41) is 1.71. The highest BCUT2D eigenvalue weighted by molar-refractivity contribution is 6.56. The Labute approximate surface area is 95.5 Å². The number of pyridine rings is 2. The molecule has 0 unspecified atom stereocenters. The average Bonchev–Trinajstić information content (AvgIpc) is 2.36. The van der Waals surface area contributed by atoms with Crippen molar-refractivity contribution in [2.45, 2.75) is 0 Å². The number of benzene rings is 1. The molecule has 3 aromatic rings. The van der Waals surface area contributed by atoms with Gasteiger partial charge in [-0.15, -0.1) is 0 Å². The Morgan fingerprint density at radius 1 is 0.750 bits per heavy atom. The summed E-state index contributed by atoms with van der Waals surface area (Å²) in [5.41, 5.74) is 2.74. The van der Waals surface area contributed by atoms with E-state index in [-0.39, 0.29) is 0 Å². The quantitative estimate of drug-likeness (QED) is 0.387. The van der Waals surface area contributed by atoms with E-state index in [0.717, 1.165) is 21.8 Å². The van der Waals surface area contributed by atoms with Gasteiger partial charge in [0, 0.05) is 12.4 Å². The fourth-order valence-corrected chi connectivity index (χ4v) is 1.91. The minimum atomic E-state index is 0.573. The number of hydrogen-bond donors (Lipinski definition) is 0. The van der Waals surface area contributed by atoms with Crippen LogP contribution in [0.2, 0.25) is 0 Å². The number of rotatable bonds is 0. The lowest BCUT2D eigenvalue weighted by atomic mass is 9.76. The fourth-order valence-electron chi connectivity index (χ4n) is 1.91. The Morgan fingerprint density at radius 2 is 1.19 bits per heavy atom. The molecule has 0 N–H and O–H groups in total. The van der Waals surface area contributed by atoms with Crippen molar-refractivity contribution in [3.63, 3.8) is 0 Å². The van der Waals surface area contributed by atoms with E-state index in [9.17, 15) is 0 Å². The van der Waals surface area contributed by atoms with E-state index in [1.54, 1.807) is 12.4 Å². The number of nitrogens with zero attached hydrogens (tertiary/aromatic N) is 2. The first kappa shape index (κ1) is 9.40. The molecule has 4 radical (unpaired) electrons. The minimum Gasteiger partial charge on any atom is -0.254 e. The second-order valence-corrected chi connectivity index (χ2v) is 3.63. The van der Waals surface area contributed by atoms with Gasteiger partial charge in [0.05, 0.1) is 11.0 Å². The normalized spacial score (nSPS) is 11.0. The molecule has 70 valence electrons. The molecule has 16 heavy (non-hydrogen) atoms. The number of fused-ring (bicyclic) bond motifs is 3. The largest absolute Gasteiger partial charge is 0.254 e. The summed E-state index contributed by atoms with van der Waals surface area (Å²) in [4.78, 5) is 8.63. The van der Waals surface area contributed by atoms with Gasteiger partial charge in [0.25, 0.3) is 0 Å².